The summed E-state index contributed by atoms with van der Waals surface area (Å²) in [4.78, 5) is 9.85. The van der Waals surface area contributed by atoms with E-state index in [-0.39, 0.29) is 0 Å². The van der Waals surface area contributed by atoms with Crippen molar-refractivity contribution < 1.29 is 8.83 Å². The number of aromatic nitrogens is 2. The van der Waals surface area contributed by atoms with Gasteiger partial charge in [-0.3, -0.25) is 4.98 Å². The van der Waals surface area contributed by atoms with E-state index in [0.717, 1.165) is 98.8 Å². The predicted molar refractivity (Wildman–Crippen MR) is 180 cm³/mol. The molecule has 0 bridgehead atoms. The van der Waals surface area contributed by atoms with Crippen LogP contribution in [0.2, 0.25) is 0 Å². The standard InChI is InChI=1S/C40H22N2O2/c1-2-10-26-25(9-1)27(18-19-28(26)33-20-17-24-16-15-23-8-7-21-41-37(23)38(24)42-33)31-22-32-29-11-3-5-13-34(29)43-40(32)36-30-12-4-6-14-35(30)44-39(31)36/h1-22H. The molecule has 0 fully saturated rings. The van der Waals surface area contributed by atoms with Crippen molar-refractivity contribution in [3.8, 4) is 22.4 Å². The van der Waals surface area contributed by atoms with Crippen LogP contribution >= 0.6 is 0 Å². The van der Waals surface area contributed by atoms with Gasteiger partial charge in [-0.25, -0.2) is 4.98 Å². The van der Waals surface area contributed by atoms with E-state index in [0.29, 0.717) is 0 Å². The Labute approximate surface area is 250 Å². The van der Waals surface area contributed by atoms with E-state index in [1.54, 1.807) is 0 Å². The molecule has 4 aromatic heterocycles. The molecule has 0 aliphatic rings. The topological polar surface area (TPSA) is 52.1 Å². The molecule has 0 radical (unpaired) electrons. The van der Waals surface area contributed by atoms with E-state index in [9.17, 15) is 0 Å². The average molecular weight is 563 g/mol. The summed E-state index contributed by atoms with van der Waals surface area (Å²) >= 11 is 0. The fourth-order valence-corrected chi connectivity index (χ4v) is 6.90. The molecule has 204 valence electrons. The number of hydrogen-bond acceptors (Lipinski definition) is 4. The van der Waals surface area contributed by atoms with Crippen molar-refractivity contribution in [1.29, 1.82) is 0 Å². The van der Waals surface area contributed by atoms with Gasteiger partial charge in [0.2, 0.25) is 0 Å². The molecule has 0 unspecified atom stereocenters. The number of rotatable bonds is 2. The number of hydrogen-bond donors (Lipinski definition) is 0. The van der Waals surface area contributed by atoms with Crippen LogP contribution in [0.3, 0.4) is 0 Å². The minimum absolute atomic E-state index is 0.831. The zero-order valence-electron chi connectivity index (χ0n) is 23.4. The van der Waals surface area contributed by atoms with Gasteiger partial charge in [-0.1, -0.05) is 97.1 Å². The molecule has 4 heteroatoms. The predicted octanol–water partition coefficient (Wildman–Crippen LogP) is 11.1. The van der Waals surface area contributed by atoms with E-state index < -0.39 is 0 Å². The molecule has 6 aromatic carbocycles. The van der Waals surface area contributed by atoms with Gasteiger partial charge in [-0.2, -0.15) is 0 Å². The van der Waals surface area contributed by atoms with Crippen LogP contribution in [-0.2, 0) is 0 Å². The minimum Gasteiger partial charge on any atom is -0.455 e. The molecule has 0 saturated heterocycles. The lowest BCUT2D eigenvalue weighted by Gasteiger charge is -2.13. The minimum atomic E-state index is 0.831. The monoisotopic (exact) mass is 562 g/mol. The molecule has 4 nitrogen and oxygen atoms in total. The second-order valence-electron chi connectivity index (χ2n) is 11.3. The molecule has 0 aliphatic heterocycles. The zero-order valence-corrected chi connectivity index (χ0v) is 23.4. The third-order valence-corrected chi connectivity index (χ3v) is 8.91. The van der Waals surface area contributed by atoms with Crippen molar-refractivity contribution in [2.24, 2.45) is 0 Å². The van der Waals surface area contributed by atoms with E-state index in [2.05, 4.69) is 102 Å². The number of para-hydroxylation sites is 2. The maximum absolute atomic E-state index is 6.62. The van der Waals surface area contributed by atoms with Crippen LogP contribution in [0.15, 0.2) is 142 Å². The lowest BCUT2D eigenvalue weighted by Crippen LogP contribution is -1.91. The SMILES string of the molecule is c1cnc2c(c1)ccc1ccc(-c3ccc(-c4cc5c6ccccc6oc5c5c4oc4ccccc45)c4ccccc34)nc12. The molecule has 0 N–H and O–H groups in total. The molecule has 0 amide bonds. The Hall–Kier alpha value is -6.00. The highest BCUT2D eigenvalue weighted by Gasteiger charge is 2.22. The lowest BCUT2D eigenvalue weighted by molar-refractivity contribution is 0.663. The number of nitrogens with zero attached hydrogens (tertiary/aromatic N) is 2. The largest absolute Gasteiger partial charge is 0.455 e. The summed E-state index contributed by atoms with van der Waals surface area (Å²) in [6.07, 6.45) is 1.83. The fraction of sp³-hybridized carbons (Fsp3) is 0. The number of fused-ring (bicyclic) bond motifs is 11. The van der Waals surface area contributed by atoms with Crippen LogP contribution in [-0.4, -0.2) is 9.97 Å². The van der Waals surface area contributed by atoms with Gasteiger partial charge in [0, 0.05) is 44.3 Å². The van der Waals surface area contributed by atoms with E-state index >= 15 is 0 Å². The molecule has 44 heavy (non-hydrogen) atoms. The molecule has 0 aliphatic carbocycles. The molecule has 4 heterocycles. The van der Waals surface area contributed by atoms with Crippen molar-refractivity contribution >= 4 is 76.5 Å². The Bertz CT molecular complexity index is 2790. The van der Waals surface area contributed by atoms with Crippen molar-refractivity contribution in [2.75, 3.05) is 0 Å². The van der Waals surface area contributed by atoms with Crippen LogP contribution in [0.4, 0.5) is 0 Å². The van der Waals surface area contributed by atoms with Crippen LogP contribution in [0.25, 0.3) is 98.8 Å². The first-order chi connectivity index (χ1) is 21.8. The van der Waals surface area contributed by atoms with Gasteiger partial charge in [0.25, 0.3) is 0 Å². The van der Waals surface area contributed by atoms with Gasteiger partial charge in [0.15, 0.2) is 0 Å². The van der Waals surface area contributed by atoms with Gasteiger partial charge < -0.3 is 8.83 Å². The van der Waals surface area contributed by atoms with Gasteiger partial charge >= 0.3 is 0 Å². The van der Waals surface area contributed by atoms with Gasteiger partial charge in [-0.05, 0) is 46.7 Å². The Balaban J connectivity index is 1.28. The van der Waals surface area contributed by atoms with Crippen LogP contribution < -0.4 is 0 Å². The quantitative estimate of drug-likeness (QED) is 0.197. The Morgan fingerprint density at radius 2 is 1.07 bits per heavy atom. The molecule has 0 spiro atoms. The van der Waals surface area contributed by atoms with Crippen LogP contribution in [0, 0.1) is 0 Å². The first-order valence-corrected chi connectivity index (χ1v) is 14.7. The van der Waals surface area contributed by atoms with Gasteiger partial charge in [0.1, 0.15) is 22.3 Å². The summed E-state index contributed by atoms with van der Waals surface area (Å²) in [5.74, 6) is 0. The maximum Gasteiger partial charge on any atom is 0.147 e. The second kappa shape index (κ2) is 8.76. The fourth-order valence-electron chi connectivity index (χ4n) is 6.90. The highest BCUT2D eigenvalue weighted by molar-refractivity contribution is 6.26. The summed E-state index contributed by atoms with van der Waals surface area (Å²) < 4.78 is 13.1. The van der Waals surface area contributed by atoms with Crippen molar-refractivity contribution in [3.05, 3.63) is 134 Å². The maximum atomic E-state index is 6.62. The van der Waals surface area contributed by atoms with Crippen molar-refractivity contribution in [2.45, 2.75) is 0 Å². The summed E-state index contributed by atoms with van der Waals surface area (Å²) in [5, 5.41) is 8.67. The third kappa shape index (κ3) is 3.22. The van der Waals surface area contributed by atoms with Gasteiger partial charge in [0.05, 0.1) is 22.1 Å². The van der Waals surface area contributed by atoms with Crippen LogP contribution in [0.5, 0.6) is 0 Å². The first kappa shape index (κ1) is 23.6. The molecule has 10 rings (SSSR count). The summed E-state index contributed by atoms with van der Waals surface area (Å²) in [6, 6.07) is 44.2. The highest BCUT2D eigenvalue weighted by atomic mass is 16.3. The van der Waals surface area contributed by atoms with Gasteiger partial charge in [-0.15, -0.1) is 0 Å². The summed E-state index contributed by atoms with van der Waals surface area (Å²) in [7, 11) is 0. The third-order valence-electron chi connectivity index (χ3n) is 8.91. The molecular formula is C40H22N2O2. The number of furan rings is 2. The van der Waals surface area contributed by atoms with E-state index in [1.165, 1.54) is 0 Å². The molecule has 0 saturated carbocycles. The van der Waals surface area contributed by atoms with Crippen LogP contribution in [0.1, 0.15) is 0 Å². The Morgan fingerprint density at radius 1 is 0.432 bits per heavy atom. The molecule has 0 atom stereocenters. The molecule has 10 aromatic rings. The number of pyridine rings is 2. The number of benzene rings is 6. The lowest BCUT2D eigenvalue weighted by atomic mass is 9.91. The van der Waals surface area contributed by atoms with E-state index in [1.807, 2.05) is 36.5 Å². The van der Waals surface area contributed by atoms with E-state index in [4.69, 9.17) is 13.8 Å². The summed E-state index contributed by atoms with van der Waals surface area (Å²) in [5.41, 5.74) is 9.38. The summed E-state index contributed by atoms with van der Waals surface area (Å²) in [6.45, 7) is 0. The smallest absolute Gasteiger partial charge is 0.147 e. The first-order valence-electron chi connectivity index (χ1n) is 14.7. The zero-order chi connectivity index (χ0) is 28.8. The van der Waals surface area contributed by atoms with Crippen molar-refractivity contribution in [1.82, 2.24) is 9.97 Å². The van der Waals surface area contributed by atoms with Crippen molar-refractivity contribution in [3.63, 3.8) is 0 Å². The Kier molecular flexibility index (Phi) is 4.69. The average Bonchev–Trinajstić information content (AvgIpc) is 3.66. The highest BCUT2D eigenvalue weighted by Crippen LogP contribution is 2.46. The molecular weight excluding hydrogens is 540 g/mol. The second-order valence-corrected chi connectivity index (χ2v) is 11.3. The Morgan fingerprint density at radius 3 is 1.91 bits per heavy atom. The normalized spacial score (nSPS) is 12.1.